The van der Waals surface area contributed by atoms with Crippen molar-refractivity contribution in [3.8, 4) is 17.1 Å². The Balaban J connectivity index is 1.25. The van der Waals surface area contributed by atoms with Crippen LogP contribution in [-0.4, -0.2) is 61.1 Å². The number of likely N-dealkylation sites (tertiary alicyclic amines) is 1. The lowest BCUT2D eigenvalue weighted by atomic mass is 9.88. The summed E-state index contributed by atoms with van der Waals surface area (Å²) in [5, 5.41) is 10.2. The maximum Gasteiger partial charge on any atom is 0.272 e. The number of amides is 2. The van der Waals surface area contributed by atoms with Crippen molar-refractivity contribution in [3.63, 3.8) is 0 Å². The Labute approximate surface area is 211 Å². The average Bonchev–Trinajstić information content (AvgIpc) is 3.45. The Morgan fingerprint density at radius 1 is 1.31 bits per heavy atom. The van der Waals surface area contributed by atoms with E-state index in [-0.39, 0.29) is 52.6 Å². The maximum absolute atomic E-state index is 14.3. The Morgan fingerprint density at radius 3 is 2.86 bits per heavy atom. The summed E-state index contributed by atoms with van der Waals surface area (Å²) < 4.78 is 19.4. The fourth-order valence-corrected chi connectivity index (χ4v) is 4.89. The zero-order chi connectivity index (χ0) is 25.4. The van der Waals surface area contributed by atoms with Crippen molar-refractivity contribution in [3.05, 3.63) is 52.6 Å². The molecule has 2 fully saturated rings. The van der Waals surface area contributed by atoms with Crippen LogP contribution < -0.4 is 10.1 Å². The third kappa shape index (κ3) is 4.62. The van der Waals surface area contributed by atoms with E-state index in [0.717, 1.165) is 19.0 Å². The lowest BCUT2D eigenvalue weighted by molar-refractivity contribution is -0.127. The highest BCUT2D eigenvalue weighted by Gasteiger charge is 2.54. The number of ether oxygens (including phenoxy) is 1. The third-order valence-electron chi connectivity index (χ3n) is 6.83. The van der Waals surface area contributed by atoms with Crippen LogP contribution in [0.5, 0.6) is 5.88 Å². The van der Waals surface area contributed by atoms with Gasteiger partial charge in [-0.15, -0.1) is 0 Å². The van der Waals surface area contributed by atoms with Gasteiger partial charge < -0.3 is 15.0 Å². The number of carbonyl (C=O) groups is 2. The first-order chi connectivity index (χ1) is 17.3. The van der Waals surface area contributed by atoms with Gasteiger partial charge in [-0.3, -0.25) is 14.7 Å². The number of aromatic amines is 1. The van der Waals surface area contributed by atoms with Crippen LogP contribution in [-0.2, 0) is 11.3 Å². The Hall–Kier alpha value is -3.60. The van der Waals surface area contributed by atoms with E-state index < -0.39 is 5.82 Å². The van der Waals surface area contributed by atoms with Crippen molar-refractivity contribution in [1.29, 1.82) is 0 Å². The summed E-state index contributed by atoms with van der Waals surface area (Å²) in [7, 11) is 1.44. The highest BCUT2D eigenvalue weighted by molar-refractivity contribution is 6.31. The predicted molar refractivity (Wildman–Crippen MR) is 128 cm³/mol. The van der Waals surface area contributed by atoms with E-state index in [1.165, 1.54) is 25.4 Å². The number of carbonyl (C=O) groups excluding carboxylic acids is 2. The van der Waals surface area contributed by atoms with Gasteiger partial charge in [0.05, 0.1) is 36.3 Å². The summed E-state index contributed by atoms with van der Waals surface area (Å²) >= 11 is 6.14. The van der Waals surface area contributed by atoms with Gasteiger partial charge in [-0.2, -0.15) is 5.10 Å². The smallest absolute Gasteiger partial charge is 0.272 e. The molecule has 1 aliphatic carbocycles. The molecule has 0 radical (unpaired) electrons. The Morgan fingerprint density at radius 2 is 2.11 bits per heavy atom. The molecule has 3 aromatic heterocycles. The van der Waals surface area contributed by atoms with Crippen LogP contribution in [0.15, 0.2) is 24.5 Å². The molecule has 1 spiro atoms. The van der Waals surface area contributed by atoms with Gasteiger partial charge in [0.2, 0.25) is 11.8 Å². The molecular weight excluding hydrogens is 489 g/mol. The van der Waals surface area contributed by atoms with Crippen LogP contribution in [0.4, 0.5) is 4.39 Å². The number of aromatic nitrogens is 5. The van der Waals surface area contributed by atoms with Crippen LogP contribution in [0.1, 0.15) is 47.7 Å². The molecule has 0 bridgehead atoms. The molecule has 2 aliphatic rings. The molecule has 1 aliphatic heterocycles. The van der Waals surface area contributed by atoms with Crippen molar-refractivity contribution in [2.24, 2.45) is 5.92 Å². The molecule has 10 nitrogen and oxygen atoms in total. The fourth-order valence-electron chi connectivity index (χ4n) is 4.74. The fraction of sp³-hybridized carbons (Fsp3) is 0.417. The second kappa shape index (κ2) is 9.45. The number of H-pyrrole nitrogens is 1. The summed E-state index contributed by atoms with van der Waals surface area (Å²) in [6.45, 7) is 2.43. The second-order valence-corrected chi connectivity index (χ2v) is 9.58. The summed E-state index contributed by atoms with van der Waals surface area (Å²) in [5.74, 6) is -0.238. The first-order valence-corrected chi connectivity index (χ1v) is 12.0. The minimum Gasteiger partial charge on any atom is -0.481 e. The van der Waals surface area contributed by atoms with E-state index in [0.29, 0.717) is 35.9 Å². The van der Waals surface area contributed by atoms with Gasteiger partial charge >= 0.3 is 0 Å². The van der Waals surface area contributed by atoms with Gasteiger partial charge in [0.15, 0.2) is 5.82 Å². The molecule has 0 aromatic carbocycles. The quantitative estimate of drug-likeness (QED) is 0.518. The molecule has 1 unspecified atom stereocenters. The van der Waals surface area contributed by atoms with Gasteiger partial charge in [0, 0.05) is 35.8 Å². The first-order valence-electron chi connectivity index (χ1n) is 11.6. The molecule has 12 heteroatoms. The maximum atomic E-state index is 14.3. The zero-order valence-corrected chi connectivity index (χ0v) is 20.6. The van der Waals surface area contributed by atoms with Gasteiger partial charge in [0.25, 0.3) is 5.91 Å². The van der Waals surface area contributed by atoms with Gasteiger partial charge in [-0.25, -0.2) is 19.3 Å². The lowest BCUT2D eigenvalue weighted by Crippen LogP contribution is -2.50. The molecule has 36 heavy (non-hydrogen) atoms. The topological polar surface area (TPSA) is 126 Å². The van der Waals surface area contributed by atoms with Gasteiger partial charge in [0.1, 0.15) is 11.5 Å². The highest BCUT2D eigenvalue weighted by Crippen LogP contribution is 2.50. The summed E-state index contributed by atoms with van der Waals surface area (Å²) in [6, 6.07) is 2.96. The van der Waals surface area contributed by atoms with Gasteiger partial charge in [-0.05, 0) is 38.7 Å². The lowest BCUT2D eigenvalue weighted by Gasteiger charge is -2.39. The number of piperidine rings is 1. The molecule has 3 aromatic rings. The molecule has 2 N–H and O–H groups in total. The summed E-state index contributed by atoms with van der Waals surface area (Å²) in [4.78, 5) is 40.2. The predicted octanol–water partition coefficient (Wildman–Crippen LogP) is 3.07. The van der Waals surface area contributed by atoms with Crippen LogP contribution in [0, 0.1) is 18.7 Å². The molecular formula is C24H25ClFN7O3. The first kappa shape index (κ1) is 24.1. The van der Waals surface area contributed by atoms with Crippen LogP contribution in [0.2, 0.25) is 5.02 Å². The largest absolute Gasteiger partial charge is 0.481 e. The Kier molecular flexibility index (Phi) is 6.33. The molecule has 1 atom stereocenters. The molecule has 5 rings (SSSR count). The molecule has 4 heterocycles. The number of aryl methyl sites for hydroxylation is 1. The van der Waals surface area contributed by atoms with Crippen molar-refractivity contribution in [1.82, 2.24) is 35.4 Å². The Bertz CT molecular complexity index is 1330. The standard InChI is InChI=1S/C24H25ClFN7O3/c1-13-27-10-16(25)20(30-13)12-29-22(34)14-3-6-33(24(9-14)4-5-24)23(35)19-8-18(31-32-19)15-7-21(36-2)28-11-17(15)26/h7-8,10-11,14H,3-6,9,12H2,1-2H3,(H,29,34)(H,31,32). The minimum atomic E-state index is -0.565. The van der Waals surface area contributed by atoms with Gasteiger partial charge in [-0.1, -0.05) is 11.6 Å². The van der Waals surface area contributed by atoms with Crippen molar-refractivity contribution < 1.29 is 18.7 Å². The summed E-state index contributed by atoms with van der Waals surface area (Å²) in [6.07, 6.45) is 5.35. The molecule has 188 valence electrons. The van der Waals surface area contributed by atoms with E-state index >= 15 is 0 Å². The average molecular weight is 514 g/mol. The van der Waals surface area contributed by atoms with E-state index in [1.807, 2.05) is 4.90 Å². The van der Waals surface area contributed by atoms with Crippen LogP contribution in [0.25, 0.3) is 11.3 Å². The van der Waals surface area contributed by atoms with E-state index in [4.69, 9.17) is 16.3 Å². The normalized spacial score (nSPS) is 18.2. The SMILES string of the molecule is COc1cc(-c2cc(C(=O)N3CCC(C(=O)NCc4nc(C)ncc4Cl)CC34CC4)[nH]n2)c(F)cn1. The molecule has 2 amide bonds. The van der Waals surface area contributed by atoms with Crippen LogP contribution in [0.3, 0.4) is 0 Å². The van der Waals surface area contributed by atoms with Crippen LogP contribution >= 0.6 is 11.6 Å². The van der Waals surface area contributed by atoms with Crippen molar-refractivity contribution >= 4 is 23.4 Å². The monoisotopic (exact) mass is 513 g/mol. The number of nitrogens with zero attached hydrogens (tertiary/aromatic N) is 5. The zero-order valence-electron chi connectivity index (χ0n) is 19.8. The number of methoxy groups -OCH3 is 1. The molecule has 1 saturated heterocycles. The number of pyridine rings is 1. The number of rotatable bonds is 6. The highest BCUT2D eigenvalue weighted by atomic mass is 35.5. The van der Waals surface area contributed by atoms with E-state index in [2.05, 4.69) is 30.5 Å². The number of hydrogen-bond donors (Lipinski definition) is 2. The minimum absolute atomic E-state index is 0.0772. The number of halogens is 2. The number of nitrogens with one attached hydrogen (secondary N) is 2. The van der Waals surface area contributed by atoms with E-state index in [1.54, 1.807) is 6.92 Å². The van der Waals surface area contributed by atoms with E-state index in [9.17, 15) is 14.0 Å². The van der Waals surface area contributed by atoms with Crippen molar-refractivity contribution in [2.45, 2.75) is 44.7 Å². The number of hydrogen-bond acceptors (Lipinski definition) is 7. The van der Waals surface area contributed by atoms with Crippen molar-refractivity contribution in [2.75, 3.05) is 13.7 Å². The third-order valence-corrected chi connectivity index (χ3v) is 7.15. The summed E-state index contributed by atoms with van der Waals surface area (Å²) in [5.41, 5.74) is 0.964. The molecule has 1 saturated carbocycles. The second-order valence-electron chi connectivity index (χ2n) is 9.17.